The molecule has 2 aromatic rings. The monoisotopic (exact) mass is 431 g/mol. The highest BCUT2D eigenvalue weighted by Gasteiger charge is 2.41. The highest BCUT2D eigenvalue weighted by atomic mass is 35.5. The van der Waals surface area contributed by atoms with Gasteiger partial charge in [0.05, 0.1) is 24.2 Å². The molecule has 0 heterocycles. The molecule has 1 saturated carbocycles. The number of methoxy groups -OCH3 is 2. The zero-order valence-electron chi connectivity index (χ0n) is 17.9. The van der Waals surface area contributed by atoms with Crippen LogP contribution in [0.2, 0.25) is 5.02 Å². The lowest BCUT2D eigenvalue weighted by Gasteiger charge is -2.36. The smallest absolute Gasteiger partial charge is 0.235 e. The lowest BCUT2D eigenvalue weighted by molar-refractivity contribution is -0.122. The zero-order valence-corrected chi connectivity index (χ0v) is 18.6. The van der Waals surface area contributed by atoms with E-state index in [4.69, 9.17) is 25.8 Å². The van der Waals surface area contributed by atoms with Crippen molar-refractivity contribution in [3.63, 3.8) is 0 Å². The quantitative estimate of drug-likeness (QED) is 0.590. The average molecular weight is 432 g/mol. The van der Waals surface area contributed by atoms with E-state index in [-0.39, 0.29) is 12.0 Å². The molecular formula is C24H30ClNO4. The normalized spacial score (nSPS) is 16.5. The number of hydrogen-bond acceptors (Lipinski definition) is 4. The van der Waals surface area contributed by atoms with Crippen LogP contribution in [0.15, 0.2) is 42.5 Å². The third-order valence-corrected chi connectivity index (χ3v) is 6.00. The fourth-order valence-corrected chi connectivity index (χ4v) is 4.35. The van der Waals surface area contributed by atoms with E-state index in [9.17, 15) is 4.79 Å². The lowest BCUT2D eigenvalue weighted by atomic mass is 9.68. The van der Waals surface area contributed by atoms with Gasteiger partial charge in [-0.1, -0.05) is 43.0 Å². The summed E-state index contributed by atoms with van der Waals surface area (Å²) >= 11 is 6.40. The van der Waals surface area contributed by atoms with E-state index in [1.807, 2.05) is 37.3 Å². The first-order chi connectivity index (χ1) is 14.5. The van der Waals surface area contributed by atoms with Crippen LogP contribution >= 0.6 is 11.6 Å². The molecule has 1 fully saturated rings. The van der Waals surface area contributed by atoms with Crippen molar-refractivity contribution in [1.82, 2.24) is 0 Å². The molecule has 1 N–H and O–H groups in total. The number of nitrogens with one attached hydrogen (secondary N) is 1. The second-order valence-corrected chi connectivity index (χ2v) is 8.26. The summed E-state index contributed by atoms with van der Waals surface area (Å²) < 4.78 is 16.2. The van der Waals surface area contributed by atoms with Crippen molar-refractivity contribution in [2.24, 2.45) is 0 Å². The van der Waals surface area contributed by atoms with E-state index < -0.39 is 5.41 Å². The Morgan fingerprint density at radius 3 is 2.40 bits per heavy atom. The number of hydrogen-bond donors (Lipinski definition) is 1. The maximum Gasteiger partial charge on any atom is 0.235 e. The molecule has 0 aromatic heterocycles. The minimum Gasteiger partial charge on any atom is -0.497 e. The molecule has 162 valence electrons. The third kappa shape index (κ3) is 5.08. The fraction of sp³-hybridized carbons (Fsp3) is 0.458. The van der Waals surface area contributed by atoms with Crippen LogP contribution in [0.5, 0.6) is 11.5 Å². The Bertz CT molecular complexity index is 847. The molecule has 30 heavy (non-hydrogen) atoms. The molecule has 1 aliphatic carbocycles. The van der Waals surface area contributed by atoms with Gasteiger partial charge in [0.15, 0.2) is 0 Å². The van der Waals surface area contributed by atoms with Gasteiger partial charge in [-0.3, -0.25) is 4.79 Å². The molecule has 6 heteroatoms. The summed E-state index contributed by atoms with van der Waals surface area (Å²) in [5.41, 5.74) is 1.15. The van der Waals surface area contributed by atoms with Crippen LogP contribution in [0.1, 0.15) is 44.6 Å². The molecule has 0 unspecified atom stereocenters. The van der Waals surface area contributed by atoms with Gasteiger partial charge in [-0.15, -0.1) is 0 Å². The minimum absolute atomic E-state index is 0.00449. The summed E-state index contributed by atoms with van der Waals surface area (Å²) in [6.45, 7) is 2.39. The van der Waals surface area contributed by atoms with Gasteiger partial charge in [-0.05, 0) is 55.7 Å². The van der Waals surface area contributed by atoms with Crippen molar-refractivity contribution in [2.45, 2.75) is 50.5 Å². The molecule has 0 aliphatic heterocycles. The first-order valence-electron chi connectivity index (χ1n) is 10.4. The molecule has 0 saturated heterocycles. The van der Waals surface area contributed by atoms with Crippen LogP contribution in [-0.4, -0.2) is 32.8 Å². The number of carbonyl (C=O) groups is 1. The Labute approximate surface area is 183 Å². The van der Waals surface area contributed by atoms with Crippen molar-refractivity contribution in [3.8, 4) is 11.5 Å². The highest BCUT2D eigenvalue weighted by Crippen LogP contribution is 2.41. The molecule has 5 nitrogen and oxygen atoms in total. The van der Waals surface area contributed by atoms with Crippen molar-refractivity contribution in [3.05, 3.63) is 53.1 Å². The number of carbonyl (C=O) groups excluding carboxylic acids is 1. The summed E-state index contributed by atoms with van der Waals surface area (Å²) in [7, 11) is 3.27. The molecule has 1 amide bonds. The number of anilines is 1. The molecular weight excluding hydrogens is 402 g/mol. The van der Waals surface area contributed by atoms with E-state index in [0.29, 0.717) is 23.1 Å². The Morgan fingerprint density at radius 1 is 1.10 bits per heavy atom. The molecule has 1 aliphatic rings. The number of amides is 1. The van der Waals surface area contributed by atoms with E-state index in [1.54, 1.807) is 26.4 Å². The van der Waals surface area contributed by atoms with Gasteiger partial charge in [0.2, 0.25) is 5.91 Å². The maximum absolute atomic E-state index is 13.5. The molecule has 2 aromatic carbocycles. The highest BCUT2D eigenvalue weighted by molar-refractivity contribution is 6.32. The number of rotatable bonds is 8. The van der Waals surface area contributed by atoms with E-state index in [2.05, 4.69) is 5.32 Å². The van der Waals surface area contributed by atoms with Crippen LogP contribution in [0.4, 0.5) is 5.69 Å². The second kappa shape index (κ2) is 10.2. The van der Waals surface area contributed by atoms with Crippen LogP contribution in [0.25, 0.3) is 0 Å². The predicted molar refractivity (Wildman–Crippen MR) is 120 cm³/mol. The lowest BCUT2D eigenvalue weighted by Crippen LogP contribution is -2.42. The number of benzene rings is 2. The van der Waals surface area contributed by atoms with Crippen molar-refractivity contribution in [2.75, 3.05) is 26.1 Å². The summed E-state index contributed by atoms with van der Waals surface area (Å²) in [4.78, 5) is 13.5. The van der Waals surface area contributed by atoms with E-state index in [1.165, 1.54) is 0 Å². The van der Waals surface area contributed by atoms with Gasteiger partial charge in [0, 0.05) is 12.8 Å². The molecule has 0 bridgehead atoms. The van der Waals surface area contributed by atoms with E-state index in [0.717, 1.165) is 43.4 Å². The Kier molecular flexibility index (Phi) is 7.62. The third-order valence-electron chi connectivity index (χ3n) is 5.70. The predicted octanol–water partition coefficient (Wildman–Crippen LogP) is 5.60. The molecule has 1 atom stereocenters. The standard InChI is InChI=1S/C24H30ClNO4/c1-17(16-28-2)30-22-12-9-19(15-21(22)25)26-23(27)24(13-5-4-6-14-24)18-7-10-20(29-3)11-8-18/h7-12,15,17H,4-6,13-14,16H2,1-3H3,(H,26,27)/t17-/m1/s1. The summed E-state index contributed by atoms with van der Waals surface area (Å²) in [6.07, 6.45) is 4.76. The number of ether oxygens (including phenoxy) is 3. The molecule has 0 spiro atoms. The minimum atomic E-state index is -0.543. The molecule has 0 radical (unpaired) electrons. The first kappa shape index (κ1) is 22.4. The second-order valence-electron chi connectivity index (χ2n) is 7.85. The Morgan fingerprint density at radius 2 is 1.80 bits per heavy atom. The Balaban J connectivity index is 1.79. The van der Waals surface area contributed by atoms with Gasteiger partial charge in [0.25, 0.3) is 0 Å². The molecule has 3 rings (SSSR count). The van der Waals surface area contributed by atoms with Gasteiger partial charge >= 0.3 is 0 Å². The van der Waals surface area contributed by atoms with Crippen LogP contribution in [0, 0.1) is 0 Å². The summed E-state index contributed by atoms with van der Waals surface area (Å²) in [5.74, 6) is 1.36. The van der Waals surface area contributed by atoms with Crippen molar-refractivity contribution < 1.29 is 19.0 Å². The van der Waals surface area contributed by atoms with Crippen molar-refractivity contribution in [1.29, 1.82) is 0 Å². The largest absolute Gasteiger partial charge is 0.497 e. The van der Waals surface area contributed by atoms with Crippen molar-refractivity contribution >= 4 is 23.2 Å². The first-order valence-corrected chi connectivity index (χ1v) is 10.8. The maximum atomic E-state index is 13.5. The fourth-order valence-electron chi connectivity index (χ4n) is 4.12. The zero-order chi connectivity index (χ0) is 21.6. The average Bonchev–Trinajstić information content (AvgIpc) is 2.76. The van der Waals surface area contributed by atoms with Gasteiger partial charge in [0.1, 0.15) is 17.6 Å². The topological polar surface area (TPSA) is 56.8 Å². The van der Waals surface area contributed by atoms with Gasteiger partial charge < -0.3 is 19.5 Å². The van der Waals surface area contributed by atoms with Gasteiger partial charge in [-0.25, -0.2) is 0 Å². The van der Waals surface area contributed by atoms with E-state index >= 15 is 0 Å². The van der Waals surface area contributed by atoms with Gasteiger partial charge in [-0.2, -0.15) is 0 Å². The van der Waals surface area contributed by atoms with Crippen LogP contribution < -0.4 is 14.8 Å². The summed E-state index contributed by atoms with van der Waals surface area (Å²) in [6, 6.07) is 13.2. The van der Waals surface area contributed by atoms with Crippen LogP contribution in [-0.2, 0) is 14.9 Å². The number of halogens is 1. The SMILES string of the molecule is COC[C@@H](C)Oc1ccc(NC(=O)C2(c3ccc(OC)cc3)CCCCC2)cc1Cl. The Hall–Kier alpha value is -2.24. The summed E-state index contributed by atoms with van der Waals surface area (Å²) in [5, 5.41) is 3.55. The van der Waals surface area contributed by atoms with Crippen LogP contribution in [0.3, 0.4) is 0 Å².